The smallest absolute Gasteiger partial charge is 0.188 e. The second-order valence-electron chi connectivity index (χ2n) is 5.02. The van der Waals surface area contributed by atoms with E-state index in [1.54, 1.807) is 0 Å². The van der Waals surface area contributed by atoms with E-state index in [4.69, 9.17) is 5.73 Å². The first-order valence-electron chi connectivity index (χ1n) is 6.19. The van der Waals surface area contributed by atoms with Crippen molar-refractivity contribution in [3.63, 3.8) is 0 Å². The molecule has 0 atom stereocenters. The number of aliphatic imine (C=N–C) groups is 1. The number of nitrogens with one attached hydrogen (secondary N) is 1. The normalized spacial score (nSPS) is 12.5. The van der Waals surface area contributed by atoms with Crippen molar-refractivity contribution in [1.82, 2.24) is 10.2 Å². The van der Waals surface area contributed by atoms with Crippen molar-refractivity contribution < 1.29 is 0 Å². The van der Waals surface area contributed by atoms with Crippen molar-refractivity contribution in [2.24, 2.45) is 10.7 Å². The van der Waals surface area contributed by atoms with Crippen LogP contribution in [0.4, 0.5) is 0 Å². The SMILES string of the molecule is CCN(CC)CCCN=C(N)NC(C)(C)C.I. The molecule has 0 aromatic carbocycles. The summed E-state index contributed by atoms with van der Waals surface area (Å²) < 4.78 is 0. The summed E-state index contributed by atoms with van der Waals surface area (Å²) in [7, 11) is 0. The molecule has 3 N–H and O–H groups in total. The number of nitrogens with two attached hydrogens (primary N) is 1. The van der Waals surface area contributed by atoms with E-state index >= 15 is 0 Å². The average molecular weight is 356 g/mol. The van der Waals surface area contributed by atoms with Gasteiger partial charge in [0.2, 0.25) is 0 Å². The second-order valence-corrected chi connectivity index (χ2v) is 5.02. The van der Waals surface area contributed by atoms with E-state index < -0.39 is 0 Å². The minimum Gasteiger partial charge on any atom is -0.370 e. The van der Waals surface area contributed by atoms with Gasteiger partial charge >= 0.3 is 0 Å². The van der Waals surface area contributed by atoms with E-state index in [0.717, 1.165) is 32.6 Å². The van der Waals surface area contributed by atoms with Crippen LogP contribution < -0.4 is 11.1 Å². The summed E-state index contributed by atoms with van der Waals surface area (Å²) in [6.07, 6.45) is 1.06. The summed E-state index contributed by atoms with van der Waals surface area (Å²) in [6, 6.07) is 0. The van der Waals surface area contributed by atoms with Crippen LogP contribution in [-0.2, 0) is 0 Å². The first kappa shape index (κ1) is 19.3. The maximum atomic E-state index is 5.77. The molecular formula is C12H29IN4. The van der Waals surface area contributed by atoms with Crippen LogP contribution in [0, 0.1) is 0 Å². The Hall–Kier alpha value is -0.0400. The van der Waals surface area contributed by atoms with Gasteiger partial charge in [0.1, 0.15) is 0 Å². The third-order valence-corrected chi connectivity index (χ3v) is 2.31. The number of halogens is 1. The highest BCUT2D eigenvalue weighted by Gasteiger charge is 2.09. The molecule has 0 aromatic heterocycles. The molecule has 0 saturated heterocycles. The highest BCUT2D eigenvalue weighted by atomic mass is 127. The van der Waals surface area contributed by atoms with Crippen LogP contribution in [0.1, 0.15) is 41.0 Å². The lowest BCUT2D eigenvalue weighted by Gasteiger charge is -2.21. The van der Waals surface area contributed by atoms with Crippen molar-refractivity contribution in [3.05, 3.63) is 0 Å². The fraction of sp³-hybridized carbons (Fsp3) is 0.917. The zero-order chi connectivity index (χ0) is 12.6. The molecule has 0 unspecified atom stereocenters. The van der Waals surface area contributed by atoms with Gasteiger partial charge in [-0.3, -0.25) is 4.99 Å². The molecule has 0 aromatic rings. The summed E-state index contributed by atoms with van der Waals surface area (Å²) in [5.74, 6) is 0.548. The Morgan fingerprint density at radius 1 is 1.24 bits per heavy atom. The van der Waals surface area contributed by atoms with Crippen LogP contribution in [0.2, 0.25) is 0 Å². The lowest BCUT2D eigenvalue weighted by molar-refractivity contribution is 0.302. The Balaban J connectivity index is 0. The number of guanidine groups is 1. The van der Waals surface area contributed by atoms with Gasteiger partial charge in [-0.25, -0.2) is 0 Å². The highest BCUT2D eigenvalue weighted by molar-refractivity contribution is 14.0. The van der Waals surface area contributed by atoms with Gasteiger partial charge in [-0.15, -0.1) is 24.0 Å². The van der Waals surface area contributed by atoms with Crippen molar-refractivity contribution in [1.29, 1.82) is 0 Å². The van der Waals surface area contributed by atoms with E-state index in [1.165, 1.54) is 0 Å². The summed E-state index contributed by atoms with van der Waals surface area (Å²) >= 11 is 0. The second kappa shape index (κ2) is 9.94. The summed E-state index contributed by atoms with van der Waals surface area (Å²) in [6.45, 7) is 14.7. The van der Waals surface area contributed by atoms with E-state index in [0.29, 0.717) is 5.96 Å². The molecule has 0 spiro atoms. The predicted octanol–water partition coefficient (Wildman–Crippen LogP) is 2.04. The van der Waals surface area contributed by atoms with Gasteiger partial charge in [0.25, 0.3) is 0 Å². The van der Waals surface area contributed by atoms with E-state index in [2.05, 4.69) is 49.8 Å². The molecule has 104 valence electrons. The highest BCUT2D eigenvalue weighted by Crippen LogP contribution is 1.97. The van der Waals surface area contributed by atoms with Crippen molar-refractivity contribution in [3.8, 4) is 0 Å². The van der Waals surface area contributed by atoms with E-state index in [1.807, 2.05) is 0 Å². The van der Waals surface area contributed by atoms with Crippen molar-refractivity contribution in [2.45, 2.75) is 46.6 Å². The van der Waals surface area contributed by atoms with Gasteiger partial charge in [0.05, 0.1) is 0 Å². The maximum absolute atomic E-state index is 5.77. The summed E-state index contributed by atoms with van der Waals surface area (Å²) in [5, 5.41) is 3.15. The van der Waals surface area contributed by atoms with Gasteiger partial charge < -0.3 is 16.0 Å². The van der Waals surface area contributed by atoms with Crippen LogP contribution in [0.15, 0.2) is 4.99 Å². The molecule has 0 aliphatic rings. The van der Waals surface area contributed by atoms with Crippen LogP contribution in [0.5, 0.6) is 0 Å². The maximum Gasteiger partial charge on any atom is 0.188 e. The average Bonchev–Trinajstić information content (AvgIpc) is 2.15. The van der Waals surface area contributed by atoms with Gasteiger partial charge in [0, 0.05) is 12.1 Å². The third kappa shape index (κ3) is 12.2. The minimum absolute atomic E-state index is 0. The molecule has 17 heavy (non-hydrogen) atoms. The van der Waals surface area contributed by atoms with E-state index in [-0.39, 0.29) is 29.5 Å². The quantitative estimate of drug-likeness (QED) is 0.331. The molecule has 0 aliphatic carbocycles. The topological polar surface area (TPSA) is 53.6 Å². The third-order valence-electron chi connectivity index (χ3n) is 2.31. The molecule has 0 aliphatic heterocycles. The molecule has 4 nitrogen and oxygen atoms in total. The molecule has 0 amide bonds. The number of rotatable bonds is 6. The summed E-state index contributed by atoms with van der Waals surface area (Å²) in [5.41, 5.74) is 5.76. The Kier molecular flexibility index (Phi) is 11.3. The minimum atomic E-state index is -0.00748. The Bertz CT molecular complexity index is 207. The molecular weight excluding hydrogens is 327 g/mol. The standard InChI is InChI=1S/C12H28N4.HI/c1-6-16(7-2)10-8-9-14-11(13)15-12(3,4)5;/h6-10H2,1-5H3,(H3,13,14,15);1H. The first-order chi connectivity index (χ1) is 7.39. The lowest BCUT2D eigenvalue weighted by Crippen LogP contribution is -2.45. The van der Waals surface area contributed by atoms with Crippen LogP contribution in [0.3, 0.4) is 0 Å². The Morgan fingerprint density at radius 2 is 1.76 bits per heavy atom. The molecule has 0 heterocycles. The number of hydrogen-bond donors (Lipinski definition) is 2. The zero-order valence-electron chi connectivity index (χ0n) is 11.9. The van der Waals surface area contributed by atoms with Crippen LogP contribution >= 0.6 is 24.0 Å². The molecule has 0 fully saturated rings. The lowest BCUT2D eigenvalue weighted by atomic mass is 10.1. The van der Waals surface area contributed by atoms with Crippen LogP contribution in [0.25, 0.3) is 0 Å². The fourth-order valence-corrected chi connectivity index (χ4v) is 1.46. The zero-order valence-corrected chi connectivity index (χ0v) is 14.2. The Labute approximate surface area is 123 Å². The van der Waals surface area contributed by atoms with Crippen LogP contribution in [-0.4, -0.2) is 42.6 Å². The molecule has 5 heteroatoms. The molecule has 0 radical (unpaired) electrons. The Morgan fingerprint density at radius 3 is 2.18 bits per heavy atom. The van der Waals surface area contributed by atoms with Crippen molar-refractivity contribution in [2.75, 3.05) is 26.2 Å². The largest absolute Gasteiger partial charge is 0.370 e. The van der Waals surface area contributed by atoms with Gasteiger partial charge in [0.15, 0.2) is 5.96 Å². The van der Waals surface area contributed by atoms with Crippen molar-refractivity contribution >= 4 is 29.9 Å². The fourth-order valence-electron chi connectivity index (χ4n) is 1.46. The summed E-state index contributed by atoms with van der Waals surface area (Å²) in [4.78, 5) is 6.70. The number of hydrogen-bond acceptors (Lipinski definition) is 2. The molecule has 0 rings (SSSR count). The van der Waals surface area contributed by atoms with Gasteiger partial charge in [-0.05, 0) is 46.8 Å². The monoisotopic (exact) mass is 356 g/mol. The molecule has 0 saturated carbocycles. The number of nitrogens with zero attached hydrogens (tertiary/aromatic N) is 2. The molecule has 0 bridgehead atoms. The van der Waals surface area contributed by atoms with Gasteiger partial charge in [-0.1, -0.05) is 13.8 Å². The predicted molar refractivity (Wildman–Crippen MR) is 87.2 cm³/mol. The van der Waals surface area contributed by atoms with E-state index in [9.17, 15) is 0 Å². The first-order valence-corrected chi connectivity index (χ1v) is 6.19. The van der Waals surface area contributed by atoms with Gasteiger partial charge in [-0.2, -0.15) is 0 Å².